The third kappa shape index (κ3) is 4.05. The third-order valence-corrected chi connectivity index (χ3v) is 5.01. The fraction of sp³-hybridized carbons (Fsp3) is 0.227. The van der Waals surface area contributed by atoms with Crippen LogP contribution in [0.5, 0.6) is 11.5 Å². The van der Waals surface area contributed by atoms with Gasteiger partial charge in [0.05, 0.1) is 23.1 Å². The van der Waals surface area contributed by atoms with Crippen molar-refractivity contribution in [2.75, 3.05) is 0 Å². The zero-order chi connectivity index (χ0) is 20.6. The van der Waals surface area contributed by atoms with Gasteiger partial charge in [-0.15, -0.1) is 0 Å². The summed E-state index contributed by atoms with van der Waals surface area (Å²) in [5, 5.41) is 6.40. The molecule has 0 fully saturated rings. The third-order valence-electron chi connectivity index (χ3n) is 4.45. The Labute approximate surface area is 173 Å². The van der Waals surface area contributed by atoms with E-state index in [4.69, 9.17) is 4.74 Å². The molecule has 0 amide bonds. The van der Waals surface area contributed by atoms with Gasteiger partial charge >= 0.3 is 0 Å². The molecule has 0 saturated carbocycles. The predicted octanol–water partition coefficient (Wildman–Crippen LogP) is 5.63. The van der Waals surface area contributed by atoms with Crippen LogP contribution in [0.25, 0.3) is 22.6 Å². The molecule has 147 valence electrons. The number of hydrogen-bond acceptors (Lipinski definition) is 5. The molecule has 0 N–H and O–H groups in total. The Bertz CT molecular complexity index is 1150. The van der Waals surface area contributed by atoms with E-state index in [0.717, 1.165) is 11.4 Å². The number of rotatable bonds is 4. The standard InChI is InChI=1S/C22H20FN4OS/c1-22(2,3)21-13-20(27(4)25-21)16-6-5-14(11-17(16)23)28-15-7-9-24-19(12-15)18-8-10-29-26-18/h5-10,12-13H,1-4H3. The highest BCUT2D eigenvalue weighted by atomic mass is 32.1. The second-order valence-corrected chi connectivity index (χ2v) is 8.37. The Hall–Kier alpha value is -3.06. The molecule has 4 aromatic rings. The largest absolute Gasteiger partial charge is 0.456 e. The second kappa shape index (κ2) is 7.40. The minimum Gasteiger partial charge on any atom is -0.456 e. The number of aryl methyl sites for hydroxylation is 1. The average molecular weight is 407 g/mol. The van der Waals surface area contributed by atoms with E-state index in [1.807, 2.05) is 24.6 Å². The van der Waals surface area contributed by atoms with Crippen LogP contribution in [-0.4, -0.2) is 19.1 Å². The SMILES string of the molecule is Cn1nc(C(C)(C)C)cc1-c1ccc(Oc2ccnc(-c3ccsn3)c2)[c]c1F. The Morgan fingerprint density at radius 1 is 1.10 bits per heavy atom. The Balaban J connectivity index is 1.60. The summed E-state index contributed by atoms with van der Waals surface area (Å²) in [6.45, 7) is 6.23. The molecule has 0 aliphatic rings. The molecular formula is C22H20FN4OS. The van der Waals surface area contributed by atoms with Crippen molar-refractivity contribution in [3.63, 3.8) is 0 Å². The van der Waals surface area contributed by atoms with Crippen LogP contribution in [0.1, 0.15) is 26.5 Å². The Morgan fingerprint density at radius 3 is 2.59 bits per heavy atom. The van der Waals surface area contributed by atoms with E-state index in [9.17, 15) is 4.39 Å². The monoisotopic (exact) mass is 407 g/mol. The number of hydrogen-bond donors (Lipinski definition) is 0. The maximum Gasteiger partial charge on any atom is 0.144 e. The highest BCUT2D eigenvalue weighted by Crippen LogP contribution is 2.31. The lowest BCUT2D eigenvalue weighted by Crippen LogP contribution is -2.12. The molecule has 3 aromatic heterocycles. The van der Waals surface area contributed by atoms with E-state index in [0.29, 0.717) is 28.5 Å². The average Bonchev–Trinajstić information content (AvgIpc) is 3.32. The van der Waals surface area contributed by atoms with Crippen molar-refractivity contribution in [2.45, 2.75) is 26.2 Å². The van der Waals surface area contributed by atoms with Crippen molar-refractivity contribution >= 4 is 11.5 Å². The number of pyridine rings is 1. The smallest absolute Gasteiger partial charge is 0.144 e. The maximum absolute atomic E-state index is 14.8. The second-order valence-electron chi connectivity index (χ2n) is 7.70. The van der Waals surface area contributed by atoms with Crippen LogP contribution in [-0.2, 0) is 12.5 Å². The zero-order valence-electron chi connectivity index (χ0n) is 16.6. The van der Waals surface area contributed by atoms with Crippen LogP contribution < -0.4 is 4.74 Å². The van der Waals surface area contributed by atoms with Gasteiger partial charge in [-0.25, -0.2) is 4.39 Å². The van der Waals surface area contributed by atoms with Crippen molar-refractivity contribution in [1.82, 2.24) is 19.1 Å². The predicted molar refractivity (Wildman–Crippen MR) is 112 cm³/mol. The summed E-state index contributed by atoms with van der Waals surface area (Å²) >= 11 is 1.36. The van der Waals surface area contributed by atoms with E-state index in [1.54, 1.807) is 35.1 Å². The van der Waals surface area contributed by atoms with Gasteiger partial charge in [-0.2, -0.15) is 9.47 Å². The van der Waals surface area contributed by atoms with Crippen LogP contribution in [0, 0.1) is 11.9 Å². The van der Waals surface area contributed by atoms with Crippen molar-refractivity contribution in [1.29, 1.82) is 0 Å². The maximum atomic E-state index is 14.8. The summed E-state index contributed by atoms with van der Waals surface area (Å²) in [5.41, 5.74) is 3.39. The molecule has 0 spiro atoms. The van der Waals surface area contributed by atoms with Gasteiger partial charge in [0.15, 0.2) is 0 Å². The molecule has 7 heteroatoms. The normalized spacial score (nSPS) is 11.6. The molecule has 4 rings (SSSR count). The van der Waals surface area contributed by atoms with Gasteiger partial charge in [-0.1, -0.05) is 20.8 Å². The summed E-state index contributed by atoms with van der Waals surface area (Å²) in [4.78, 5) is 4.30. The van der Waals surface area contributed by atoms with Crippen LogP contribution >= 0.6 is 11.5 Å². The molecule has 0 atom stereocenters. The molecule has 0 bridgehead atoms. The summed E-state index contributed by atoms with van der Waals surface area (Å²) in [6.07, 6.45) is 1.64. The lowest BCUT2D eigenvalue weighted by Gasteiger charge is -2.13. The van der Waals surface area contributed by atoms with E-state index in [-0.39, 0.29) is 5.41 Å². The van der Waals surface area contributed by atoms with Gasteiger partial charge in [-0.3, -0.25) is 9.67 Å². The van der Waals surface area contributed by atoms with Gasteiger partial charge < -0.3 is 4.74 Å². The van der Waals surface area contributed by atoms with Crippen molar-refractivity contribution in [3.05, 3.63) is 65.6 Å². The summed E-state index contributed by atoms with van der Waals surface area (Å²) in [6, 6.07) is 13.4. The molecule has 3 heterocycles. The molecule has 0 aliphatic carbocycles. The minimum atomic E-state index is -0.486. The molecule has 1 radical (unpaired) electrons. The highest BCUT2D eigenvalue weighted by Gasteiger charge is 2.21. The Morgan fingerprint density at radius 2 is 1.93 bits per heavy atom. The number of benzene rings is 1. The molecule has 29 heavy (non-hydrogen) atoms. The fourth-order valence-electron chi connectivity index (χ4n) is 2.88. The van der Waals surface area contributed by atoms with Gasteiger partial charge in [-0.05, 0) is 41.9 Å². The highest BCUT2D eigenvalue weighted by molar-refractivity contribution is 7.03. The van der Waals surface area contributed by atoms with Gasteiger partial charge in [0.1, 0.15) is 23.0 Å². The van der Waals surface area contributed by atoms with E-state index in [2.05, 4.69) is 41.3 Å². The molecule has 0 aliphatic heterocycles. The molecule has 0 saturated heterocycles. The molecule has 1 aromatic carbocycles. The molecule has 0 unspecified atom stereocenters. The van der Waals surface area contributed by atoms with Crippen molar-refractivity contribution in [3.8, 4) is 34.1 Å². The molecule has 5 nitrogen and oxygen atoms in total. The Kier molecular flexibility index (Phi) is 4.92. The van der Waals surface area contributed by atoms with Gasteiger partial charge in [0, 0.05) is 35.7 Å². The first kappa shape index (κ1) is 19.3. The summed E-state index contributed by atoms with van der Waals surface area (Å²) < 4.78 is 26.6. The summed E-state index contributed by atoms with van der Waals surface area (Å²) in [5.74, 6) is 0.349. The number of halogens is 1. The lowest BCUT2D eigenvalue weighted by molar-refractivity contribution is 0.475. The van der Waals surface area contributed by atoms with E-state index < -0.39 is 5.82 Å². The number of aromatic nitrogens is 4. The number of ether oxygens (including phenoxy) is 1. The first-order chi connectivity index (χ1) is 13.8. The zero-order valence-corrected chi connectivity index (χ0v) is 17.4. The topological polar surface area (TPSA) is 52.8 Å². The van der Waals surface area contributed by atoms with Gasteiger partial charge in [0.2, 0.25) is 0 Å². The fourth-order valence-corrected chi connectivity index (χ4v) is 3.40. The van der Waals surface area contributed by atoms with Crippen LogP contribution in [0.2, 0.25) is 0 Å². The first-order valence-corrected chi connectivity index (χ1v) is 9.96. The van der Waals surface area contributed by atoms with Crippen molar-refractivity contribution in [2.24, 2.45) is 7.05 Å². The van der Waals surface area contributed by atoms with Crippen LogP contribution in [0.15, 0.2) is 48.0 Å². The van der Waals surface area contributed by atoms with Crippen LogP contribution in [0.4, 0.5) is 4.39 Å². The summed E-state index contributed by atoms with van der Waals surface area (Å²) in [7, 11) is 1.81. The quantitative estimate of drug-likeness (QED) is 0.440. The van der Waals surface area contributed by atoms with E-state index >= 15 is 0 Å². The van der Waals surface area contributed by atoms with Gasteiger partial charge in [0.25, 0.3) is 0 Å². The van der Waals surface area contributed by atoms with Crippen molar-refractivity contribution < 1.29 is 9.13 Å². The molecular weight excluding hydrogens is 387 g/mol. The van der Waals surface area contributed by atoms with E-state index in [1.165, 1.54) is 11.5 Å². The lowest BCUT2D eigenvalue weighted by atomic mass is 9.92. The first-order valence-electron chi connectivity index (χ1n) is 9.12. The minimum absolute atomic E-state index is 0.115. The number of nitrogens with zero attached hydrogens (tertiary/aromatic N) is 4. The van der Waals surface area contributed by atoms with Crippen LogP contribution in [0.3, 0.4) is 0 Å².